The van der Waals surface area contributed by atoms with E-state index in [4.69, 9.17) is 0 Å². The van der Waals surface area contributed by atoms with Crippen molar-refractivity contribution in [3.8, 4) is 0 Å². The summed E-state index contributed by atoms with van der Waals surface area (Å²) < 4.78 is 41.7. The molecule has 9 heteroatoms. The standard InChI is InChI=1S/C20H26FN3O3S2/c1-4-15-12-28-19(22-15)14-6-5-9-24(11-14)20(25)17-10-16(7-8-18(17)21)29(26,27)23-13(2)3/h7-8,10,12-14,23H,4-6,9,11H2,1-3H3. The molecule has 2 aromatic rings. The second-order valence-corrected chi connectivity index (χ2v) is 10.1. The second kappa shape index (κ2) is 8.89. The Bertz CT molecular complexity index is 989. The number of benzene rings is 1. The molecule has 6 nitrogen and oxygen atoms in total. The first-order chi connectivity index (χ1) is 13.7. The van der Waals surface area contributed by atoms with Crippen LogP contribution in [0.3, 0.4) is 0 Å². The van der Waals surface area contributed by atoms with Gasteiger partial charge < -0.3 is 4.90 Å². The van der Waals surface area contributed by atoms with Crippen LogP contribution in [0.2, 0.25) is 0 Å². The quantitative estimate of drug-likeness (QED) is 0.747. The Morgan fingerprint density at radius 2 is 2.17 bits per heavy atom. The molecule has 2 heterocycles. The van der Waals surface area contributed by atoms with Crippen LogP contribution in [0.1, 0.15) is 60.6 Å². The fourth-order valence-corrected chi connectivity index (χ4v) is 5.73. The van der Waals surface area contributed by atoms with Crippen LogP contribution < -0.4 is 4.72 Å². The summed E-state index contributed by atoms with van der Waals surface area (Å²) in [5.74, 6) is -1.08. The smallest absolute Gasteiger partial charge is 0.256 e. The van der Waals surface area contributed by atoms with Gasteiger partial charge in [0.15, 0.2) is 0 Å². The van der Waals surface area contributed by atoms with E-state index in [1.807, 2.05) is 12.3 Å². The molecule has 1 saturated heterocycles. The third-order valence-electron chi connectivity index (χ3n) is 4.86. The van der Waals surface area contributed by atoms with Crippen LogP contribution in [-0.2, 0) is 16.4 Å². The molecule has 0 bridgehead atoms. The minimum atomic E-state index is -3.81. The van der Waals surface area contributed by atoms with Crippen molar-refractivity contribution in [1.29, 1.82) is 0 Å². The average Bonchev–Trinajstić information content (AvgIpc) is 3.16. The number of aromatic nitrogens is 1. The minimum Gasteiger partial charge on any atom is -0.338 e. The number of amides is 1. The molecule has 0 radical (unpaired) electrons. The monoisotopic (exact) mass is 439 g/mol. The Labute approximate surface area is 175 Å². The van der Waals surface area contributed by atoms with E-state index in [2.05, 4.69) is 9.71 Å². The number of piperidine rings is 1. The summed E-state index contributed by atoms with van der Waals surface area (Å²) in [4.78, 5) is 19.1. The molecule has 1 fully saturated rings. The molecule has 1 atom stereocenters. The summed E-state index contributed by atoms with van der Waals surface area (Å²) in [6.45, 7) is 6.42. The van der Waals surface area contributed by atoms with Crippen molar-refractivity contribution in [1.82, 2.24) is 14.6 Å². The molecular formula is C20H26FN3O3S2. The Hall–Kier alpha value is -1.84. The molecule has 1 amide bonds. The van der Waals surface area contributed by atoms with Crippen LogP contribution in [0.4, 0.5) is 4.39 Å². The van der Waals surface area contributed by atoms with Crippen molar-refractivity contribution in [3.63, 3.8) is 0 Å². The molecule has 1 aromatic heterocycles. The first-order valence-corrected chi connectivity index (χ1v) is 12.1. The second-order valence-electron chi connectivity index (χ2n) is 7.54. The maximum absolute atomic E-state index is 14.4. The number of rotatable bonds is 6. The highest BCUT2D eigenvalue weighted by Crippen LogP contribution is 2.30. The SMILES string of the molecule is CCc1csc(C2CCCN(C(=O)c3cc(S(=O)(=O)NC(C)C)ccc3F)C2)n1. The molecule has 29 heavy (non-hydrogen) atoms. The van der Waals surface area contributed by atoms with Gasteiger partial charge >= 0.3 is 0 Å². The zero-order valence-corrected chi connectivity index (χ0v) is 18.4. The van der Waals surface area contributed by atoms with E-state index in [-0.39, 0.29) is 22.4 Å². The Kier molecular flexibility index (Phi) is 6.70. The van der Waals surface area contributed by atoms with Crippen molar-refractivity contribution < 1.29 is 17.6 Å². The molecule has 158 valence electrons. The Balaban J connectivity index is 1.83. The van der Waals surface area contributed by atoms with Gasteiger partial charge in [-0.1, -0.05) is 6.92 Å². The summed E-state index contributed by atoms with van der Waals surface area (Å²) in [6, 6.07) is 3.04. The third-order valence-corrected chi connectivity index (χ3v) is 7.57. The number of halogens is 1. The number of aryl methyl sites for hydroxylation is 1. The van der Waals surface area contributed by atoms with Crippen LogP contribution in [-0.4, -0.2) is 43.3 Å². The summed E-state index contributed by atoms with van der Waals surface area (Å²) in [7, 11) is -3.81. The summed E-state index contributed by atoms with van der Waals surface area (Å²) in [5, 5.41) is 3.03. The van der Waals surface area contributed by atoms with Gasteiger partial charge in [-0.15, -0.1) is 11.3 Å². The van der Waals surface area contributed by atoms with Crippen molar-refractivity contribution >= 4 is 27.3 Å². The van der Waals surface area contributed by atoms with E-state index >= 15 is 0 Å². The normalized spacial score (nSPS) is 17.7. The van der Waals surface area contributed by atoms with Gasteiger partial charge in [0, 0.05) is 30.4 Å². The van der Waals surface area contributed by atoms with E-state index in [0.717, 1.165) is 42.1 Å². The fourth-order valence-electron chi connectivity index (χ4n) is 3.42. The van der Waals surface area contributed by atoms with E-state index in [1.165, 1.54) is 6.07 Å². The van der Waals surface area contributed by atoms with Crippen LogP contribution in [0.5, 0.6) is 0 Å². The minimum absolute atomic E-state index is 0.114. The van der Waals surface area contributed by atoms with Crippen molar-refractivity contribution in [2.45, 2.75) is 56.9 Å². The lowest BCUT2D eigenvalue weighted by atomic mass is 9.98. The van der Waals surface area contributed by atoms with Gasteiger partial charge in [0.05, 0.1) is 21.2 Å². The number of carbonyl (C=O) groups is 1. The lowest BCUT2D eigenvalue weighted by molar-refractivity contribution is 0.0702. The Morgan fingerprint density at radius 3 is 2.83 bits per heavy atom. The van der Waals surface area contributed by atoms with Crippen LogP contribution in [0.25, 0.3) is 0 Å². The van der Waals surface area contributed by atoms with E-state index in [0.29, 0.717) is 13.1 Å². The number of nitrogens with one attached hydrogen (secondary N) is 1. The van der Waals surface area contributed by atoms with Gasteiger partial charge in [-0.25, -0.2) is 22.5 Å². The number of likely N-dealkylation sites (tertiary alicyclic amines) is 1. The van der Waals surface area contributed by atoms with Gasteiger partial charge in [0.1, 0.15) is 5.82 Å². The highest BCUT2D eigenvalue weighted by Gasteiger charge is 2.29. The molecule has 0 aliphatic carbocycles. The molecule has 1 aliphatic rings. The van der Waals surface area contributed by atoms with Gasteiger partial charge in [-0.3, -0.25) is 4.79 Å². The molecule has 3 rings (SSSR count). The number of carbonyl (C=O) groups excluding carboxylic acids is 1. The van der Waals surface area contributed by atoms with Gasteiger partial charge in [0.25, 0.3) is 5.91 Å². The third kappa shape index (κ3) is 5.02. The largest absolute Gasteiger partial charge is 0.338 e. The maximum Gasteiger partial charge on any atom is 0.256 e. The van der Waals surface area contributed by atoms with Crippen molar-refractivity contribution in [2.24, 2.45) is 0 Å². The van der Waals surface area contributed by atoms with Gasteiger partial charge in [-0.2, -0.15) is 0 Å². The topological polar surface area (TPSA) is 79.4 Å². The van der Waals surface area contributed by atoms with Crippen LogP contribution >= 0.6 is 11.3 Å². The van der Waals surface area contributed by atoms with Gasteiger partial charge in [0.2, 0.25) is 10.0 Å². The first-order valence-electron chi connectivity index (χ1n) is 9.76. The lowest BCUT2D eigenvalue weighted by Crippen LogP contribution is -2.39. The Morgan fingerprint density at radius 1 is 1.41 bits per heavy atom. The van der Waals surface area contributed by atoms with Gasteiger partial charge in [-0.05, 0) is 51.3 Å². The van der Waals surface area contributed by atoms with Crippen LogP contribution in [0, 0.1) is 5.82 Å². The number of hydrogen-bond acceptors (Lipinski definition) is 5. The van der Waals surface area contributed by atoms with Crippen molar-refractivity contribution in [3.05, 3.63) is 45.7 Å². The zero-order chi connectivity index (χ0) is 21.2. The number of sulfonamides is 1. The number of thiazole rings is 1. The summed E-state index contributed by atoms with van der Waals surface area (Å²) in [6.07, 6.45) is 2.59. The van der Waals surface area contributed by atoms with E-state index in [9.17, 15) is 17.6 Å². The lowest BCUT2D eigenvalue weighted by Gasteiger charge is -2.32. The predicted molar refractivity (Wildman–Crippen MR) is 111 cm³/mol. The molecule has 1 unspecified atom stereocenters. The molecule has 1 aliphatic heterocycles. The van der Waals surface area contributed by atoms with E-state index in [1.54, 1.807) is 30.1 Å². The summed E-state index contributed by atoms with van der Waals surface area (Å²) in [5.41, 5.74) is 0.820. The average molecular weight is 440 g/mol. The fraction of sp³-hybridized carbons (Fsp3) is 0.500. The van der Waals surface area contributed by atoms with Crippen LogP contribution in [0.15, 0.2) is 28.5 Å². The molecular weight excluding hydrogens is 413 g/mol. The first kappa shape index (κ1) is 21.9. The molecule has 0 saturated carbocycles. The highest BCUT2D eigenvalue weighted by atomic mass is 32.2. The zero-order valence-electron chi connectivity index (χ0n) is 16.8. The predicted octanol–water partition coefficient (Wildman–Crippen LogP) is 3.55. The number of hydrogen-bond donors (Lipinski definition) is 1. The number of nitrogens with zero attached hydrogens (tertiary/aromatic N) is 2. The molecule has 1 N–H and O–H groups in total. The maximum atomic E-state index is 14.4. The summed E-state index contributed by atoms with van der Waals surface area (Å²) >= 11 is 1.59. The molecule has 1 aromatic carbocycles. The van der Waals surface area contributed by atoms with Crippen molar-refractivity contribution in [2.75, 3.05) is 13.1 Å². The van der Waals surface area contributed by atoms with E-state index < -0.39 is 21.7 Å². The molecule has 0 spiro atoms. The highest BCUT2D eigenvalue weighted by molar-refractivity contribution is 7.89.